The summed E-state index contributed by atoms with van der Waals surface area (Å²) in [5.74, 6) is -0.282. The van der Waals surface area contributed by atoms with Gasteiger partial charge in [-0.15, -0.1) is 0 Å². The minimum Gasteiger partial charge on any atom is -0.397 e. The lowest BCUT2D eigenvalue weighted by molar-refractivity contribution is 0.102. The van der Waals surface area contributed by atoms with Crippen molar-refractivity contribution < 1.29 is 4.79 Å². The second-order valence-electron chi connectivity index (χ2n) is 4.30. The Balaban J connectivity index is 1.99. The lowest BCUT2D eigenvalue weighted by Crippen LogP contribution is -2.12. The van der Waals surface area contributed by atoms with Crippen LogP contribution in [0.5, 0.6) is 0 Å². The van der Waals surface area contributed by atoms with Crippen molar-refractivity contribution in [2.75, 3.05) is 11.1 Å². The number of carbonyl (C=O) groups is 1. The number of pyridine rings is 1. The van der Waals surface area contributed by atoms with Crippen LogP contribution in [0.1, 0.15) is 10.5 Å². The molecule has 6 heteroatoms. The maximum Gasteiger partial charge on any atom is 0.272 e. The van der Waals surface area contributed by atoms with Crippen LogP contribution in [-0.4, -0.2) is 15.9 Å². The molecule has 0 atom stereocenters. The predicted octanol–water partition coefficient (Wildman–Crippen LogP) is 3.05. The molecule has 1 amide bonds. The van der Waals surface area contributed by atoms with Gasteiger partial charge in [0.15, 0.2) is 0 Å². The molecule has 0 radical (unpaired) electrons. The van der Waals surface area contributed by atoms with Gasteiger partial charge in [-0.3, -0.25) is 9.78 Å². The summed E-state index contributed by atoms with van der Waals surface area (Å²) in [5, 5.41) is 4.18. The van der Waals surface area contributed by atoms with Crippen LogP contribution in [0.2, 0.25) is 5.02 Å². The number of halogens is 1. The summed E-state index contributed by atoms with van der Waals surface area (Å²) in [4.78, 5) is 19.2. The summed E-state index contributed by atoms with van der Waals surface area (Å²) < 4.78 is 0. The zero-order valence-corrected chi connectivity index (χ0v) is 11.1. The van der Waals surface area contributed by atoms with E-state index in [1.54, 1.807) is 36.7 Å². The van der Waals surface area contributed by atoms with Crippen LogP contribution in [0.3, 0.4) is 0 Å². The fraction of sp³-hybridized carbons (Fsp3) is 0. The molecule has 0 spiro atoms. The minimum absolute atomic E-state index is 0.282. The Morgan fingerprint density at radius 2 is 2.20 bits per heavy atom. The average molecular weight is 287 g/mol. The molecule has 0 aliphatic rings. The van der Waals surface area contributed by atoms with E-state index in [2.05, 4.69) is 15.3 Å². The topological polar surface area (TPSA) is 83.8 Å². The molecule has 3 aromatic rings. The molecule has 0 aliphatic heterocycles. The number of anilines is 2. The number of benzene rings is 1. The van der Waals surface area contributed by atoms with Gasteiger partial charge in [0.25, 0.3) is 5.91 Å². The molecule has 2 aromatic heterocycles. The van der Waals surface area contributed by atoms with Crippen molar-refractivity contribution in [1.82, 2.24) is 9.97 Å². The maximum absolute atomic E-state index is 12.1. The first kappa shape index (κ1) is 12.5. The van der Waals surface area contributed by atoms with Crippen molar-refractivity contribution in [3.05, 3.63) is 53.4 Å². The van der Waals surface area contributed by atoms with Crippen LogP contribution in [-0.2, 0) is 0 Å². The number of hydrogen-bond acceptors (Lipinski definition) is 3. The van der Waals surface area contributed by atoms with E-state index in [0.717, 1.165) is 5.39 Å². The van der Waals surface area contributed by atoms with E-state index in [1.165, 1.54) is 0 Å². The molecule has 100 valence electrons. The minimum atomic E-state index is -0.282. The van der Waals surface area contributed by atoms with Gasteiger partial charge in [-0.2, -0.15) is 0 Å². The Morgan fingerprint density at radius 3 is 2.95 bits per heavy atom. The van der Waals surface area contributed by atoms with Crippen LogP contribution in [0, 0.1) is 0 Å². The van der Waals surface area contributed by atoms with Crippen LogP contribution >= 0.6 is 11.6 Å². The van der Waals surface area contributed by atoms with E-state index < -0.39 is 0 Å². The van der Waals surface area contributed by atoms with Crippen molar-refractivity contribution >= 4 is 39.8 Å². The molecule has 0 saturated carbocycles. The van der Waals surface area contributed by atoms with Crippen LogP contribution < -0.4 is 11.1 Å². The predicted molar refractivity (Wildman–Crippen MR) is 79.9 cm³/mol. The molecule has 0 bridgehead atoms. The average Bonchev–Trinajstić information content (AvgIpc) is 2.89. The molecule has 1 aromatic carbocycles. The van der Waals surface area contributed by atoms with Gasteiger partial charge in [-0.1, -0.05) is 11.6 Å². The highest BCUT2D eigenvalue weighted by Crippen LogP contribution is 2.28. The van der Waals surface area contributed by atoms with Crippen LogP contribution in [0.15, 0.2) is 42.7 Å². The van der Waals surface area contributed by atoms with E-state index in [9.17, 15) is 4.79 Å². The Bertz CT molecular complexity index is 797. The van der Waals surface area contributed by atoms with Crippen LogP contribution in [0.25, 0.3) is 10.9 Å². The van der Waals surface area contributed by atoms with Crippen LogP contribution in [0.4, 0.5) is 11.4 Å². The third kappa shape index (κ3) is 2.19. The van der Waals surface area contributed by atoms with E-state index in [0.29, 0.717) is 27.6 Å². The number of nitrogens with zero attached hydrogens (tertiary/aromatic N) is 1. The quantitative estimate of drug-likeness (QED) is 0.677. The number of nitrogens with two attached hydrogens (primary N) is 1. The van der Waals surface area contributed by atoms with Gasteiger partial charge in [-0.25, -0.2) is 0 Å². The number of nitrogen functional groups attached to an aromatic ring is 1. The highest BCUT2D eigenvalue weighted by Gasteiger charge is 2.11. The van der Waals surface area contributed by atoms with Crippen molar-refractivity contribution in [3.63, 3.8) is 0 Å². The molecule has 20 heavy (non-hydrogen) atoms. The number of aromatic nitrogens is 2. The Hall–Kier alpha value is -2.53. The number of carbonyl (C=O) groups excluding carboxylic acids is 1. The van der Waals surface area contributed by atoms with Crippen molar-refractivity contribution in [1.29, 1.82) is 0 Å². The van der Waals surface area contributed by atoms with E-state index in [4.69, 9.17) is 17.3 Å². The standard InChI is InChI=1S/C14H11ClN4O/c15-10-3-4-11(13-9(10)2-1-5-17-13)19-14(20)12-6-8(16)7-18-12/h1-7,18H,16H2,(H,19,20). The third-order valence-electron chi connectivity index (χ3n) is 2.91. The number of hydrogen-bond donors (Lipinski definition) is 3. The molecule has 0 fully saturated rings. The second-order valence-corrected chi connectivity index (χ2v) is 4.70. The first-order valence-electron chi connectivity index (χ1n) is 5.93. The van der Waals surface area contributed by atoms with Gasteiger partial charge >= 0.3 is 0 Å². The molecule has 0 aliphatic carbocycles. The van der Waals surface area contributed by atoms with E-state index >= 15 is 0 Å². The van der Waals surface area contributed by atoms with Gasteiger partial charge in [0.05, 0.1) is 16.2 Å². The molecule has 0 saturated heterocycles. The molecule has 3 rings (SSSR count). The van der Waals surface area contributed by atoms with Gasteiger partial charge in [0.1, 0.15) is 5.69 Å². The molecule has 2 heterocycles. The summed E-state index contributed by atoms with van der Waals surface area (Å²) in [5.41, 5.74) is 7.72. The highest BCUT2D eigenvalue weighted by atomic mass is 35.5. The maximum atomic E-state index is 12.1. The van der Waals surface area contributed by atoms with Crippen molar-refractivity contribution in [2.45, 2.75) is 0 Å². The summed E-state index contributed by atoms with van der Waals surface area (Å²) in [6.45, 7) is 0. The number of rotatable bonds is 2. The Morgan fingerprint density at radius 1 is 1.35 bits per heavy atom. The normalized spacial score (nSPS) is 10.7. The number of aromatic amines is 1. The van der Waals surface area contributed by atoms with Gasteiger partial charge in [0.2, 0.25) is 0 Å². The summed E-state index contributed by atoms with van der Waals surface area (Å²) in [6.07, 6.45) is 3.22. The van der Waals surface area contributed by atoms with E-state index in [1.807, 2.05) is 6.07 Å². The lowest BCUT2D eigenvalue weighted by atomic mass is 10.2. The zero-order chi connectivity index (χ0) is 14.1. The number of fused-ring (bicyclic) bond motifs is 1. The Labute approximate surface area is 119 Å². The fourth-order valence-electron chi connectivity index (χ4n) is 1.97. The van der Waals surface area contributed by atoms with Crippen molar-refractivity contribution in [3.8, 4) is 0 Å². The fourth-order valence-corrected chi connectivity index (χ4v) is 2.19. The van der Waals surface area contributed by atoms with Gasteiger partial charge < -0.3 is 16.0 Å². The number of amides is 1. The van der Waals surface area contributed by atoms with Crippen molar-refractivity contribution in [2.24, 2.45) is 0 Å². The first-order valence-corrected chi connectivity index (χ1v) is 6.31. The largest absolute Gasteiger partial charge is 0.397 e. The molecular formula is C14H11ClN4O. The second kappa shape index (κ2) is 4.86. The smallest absolute Gasteiger partial charge is 0.272 e. The molecule has 0 unspecified atom stereocenters. The van der Waals surface area contributed by atoms with E-state index in [-0.39, 0.29) is 5.91 Å². The van der Waals surface area contributed by atoms with Gasteiger partial charge in [0, 0.05) is 23.5 Å². The molecule has 5 nitrogen and oxygen atoms in total. The molecule has 4 N–H and O–H groups in total. The summed E-state index contributed by atoms with van der Waals surface area (Å²) in [6, 6.07) is 8.67. The first-order chi connectivity index (χ1) is 9.65. The molecular weight excluding hydrogens is 276 g/mol. The lowest BCUT2D eigenvalue weighted by Gasteiger charge is -2.08. The zero-order valence-electron chi connectivity index (χ0n) is 10.4. The third-order valence-corrected chi connectivity index (χ3v) is 3.24. The Kier molecular flexibility index (Phi) is 3.04. The SMILES string of the molecule is Nc1c[nH]c(C(=O)Nc2ccc(Cl)c3cccnc23)c1. The number of H-pyrrole nitrogens is 1. The highest BCUT2D eigenvalue weighted by molar-refractivity contribution is 6.36. The van der Waals surface area contributed by atoms with Gasteiger partial charge in [-0.05, 0) is 30.3 Å². The summed E-state index contributed by atoms with van der Waals surface area (Å²) >= 11 is 6.11. The monoisotopic (exact) mass is 286 g/mol. The number of nitrogens with one attached hydrogen (secondary N) is 2. The summed E-state index contributed by atoms with van der Waals surface area (Å²) in [7, 11) is 0.